The summed E-state index contributed by atoms with van der Waals surface area (Å²) < 4.78 is 12.0. The summed E-state index contributed by atoms with van der Waals surface area (Å²) in [5, 5.41) is 2.45. The van der Waals surface area contributed by atoms with Gasteiger partial charge in [0.2, 0.25) is 18.2 Å². The lowest BCUT2D eigenvalue weighted by Crippen LogP contribution is -2.62. The van der Waals surface area contributed by atoms with E-state index in [0.717, 1.165) is 42.1 Å². The number of ether oxygens (including phenoxy) is 2. The fourth-order valence-electron chi connectivity index (χ4n) is 9.33. The van der Waals surface area contributed by atoms with Gasteiger partial charge in [0.25, 0.3) is 5.91 Å². The minimum atomic E-state index is -1.04. The second-order valence-corrected chi connectivity index (χ2v) is 18.5. The smallest absolute Gasteiger partial charge is 0.261 e. The Morgan fingerprint density at radius 2 is 1.63 bits per heavy atom. The van der Waals surface area contributed by atoms with Crippen molar-refractivity contribution in [3.63, 3.8) is 0 Å². The Hall–Kier alpha value is -5.42. The van der Waals surface area contributed by atoms with E-state index in [1.807, 2.05) is 38.5 Å². The summed E-state index contributed by atoms with van der Waals surface area (Å²) in [5.41, 5.74) is 8.79. The second-order valence-electron chi connectivity index (χ2n) is 18.5. The molecule has 67 heavy (non-hydrogen) atoms. The van der Waals surface area contributed by atoms with Crippen molar-refractivity contribution in [2.75, 3.05) is 33.3 Å². The lowest BCUT2D eigenvalue weighted by Gasteiger charge is -2.59. The molecule has 3 atom stereocenters. The average Bonchev–Trinajstić information content (AvgIpc) is 3.32. The summed E-state index contributed by atoms with van der Waals surface area (Å²) in [6.07, 6.45) is 17.8. The van der Waals surface area contributed by atoms with Gasteiger partial charge in [-0.15, -0.1) is 0 Å². The molecule has 0 radical (unpaired) electrons. The number of aryl methyl sites for hydroxylation is 3. The molecule has 1 spiro atoms. The van der Waals surface area contributed by atoms with Gasteiger partial charge in [0.05, 0.1) is 6.61 Å². The van der Waals surface area contributed by atoms with Crippen molar-refractivity contribution >= 4 is 24.5 Å². The number of carbonyl (C=O) groups is 4. The summed E-state index contributed by atoms with van der Waals surface area (Å²) in [6, 6.07) is 16.8. The molecule has 364 valence electrons. The monoisotopic (exact) mass is 918 g/mol. The maximum absolute atomic E-state index is 13.0. The molecule has 1 aliphatic carbocycles. The van der Waals surface area contributed by atoms with Crippen molar-refractivity contribution in [1.29, 1.82) is 0 Å². The number of nitrogens with one attached hydrogen (secondary N) is 1. The lowest BCUT2D eigenvalue weighted by molar-refractivity contribution is -0.131. The molecule has 1 aliphatic heterocycles. The van der Waals surface area contributed by atoms with Crippen LogP contribution in [0.4, 0.5) is 0 Å². The van der Waals surface area contributed by atoms with Gasteiger partial charge in [-0.25, -0.2) is 4.98 Å². The topological polar surface area (TPSA) is 131 Å². The summed E-state index contributed by atoms with van der Waals surface area (Å²) >= 11 is 0. The minimum absolute atomic E-state index is 0.0691. The molecule has 1 N–H and O–H groups in total. The zero-order valence-electron chi connectivity index (χ0n) is 42.2. The SMILES string of the molecule is CC.CCC(C)CC(CC)Oc1ccc(-c2ccc(-c3cnccc3C)c(C)c2)cn1.CCC1CC2(C1)CN(CCCCCOc1ccc(C(=O)N(C=O)C(CCC=O)C(=O)NC)c(C)c1)C2. The predicted molar refractivity (Wildman–Crippen MR) is 270 cm³/mol. The standard InChI is InChI=1S/C28H41N3O5.C26H32N2O.C2H6/c1-4-22-16-28(17-22)18-30(19-28)12-6-5-7-14-36-23-10-11-24(21(2)15-23)27(35)31(20-33)25(9-8-13-32)26(34)29-3;1-6-18(3)14-23(7-2)29-26-11-9-22(16-28-26)21-8-10-24(20(5)15-21)25-17-27-13-12-19(25)4;1-2/h10-11,13,15,20,22,25H,4-9,12,14,16-19H2,1-3H3,(H,29,34);8-13,15-18,23H,6-7,14H2,1-5H3;1-2H3. The van der Waals surface area contributed by atoms with Gasteiger partial charge < -0.3 is 24.5 Å². The first-order valence-electron chi connectivity index (χ1n) is 24.9. The van der Waals surface area contributed by atoms with Crippen LogP contribution in [-0.4, -0.2) is 89.7 Å². The number of hydrogen-bond acceptors (Lipinski definition) is 9. The predicted octanol–water partition coefficient (Wildman–Crippen LogP) is 11.4. The van der Waals surface area contributed by atoms with E-state index < -0.39 is 17.9 Å². The first-order chi connectivity index (χ1) is 32.4. The van der Waals surface area contributed by atoms with Crippen LogP contribution < -0.4 is 14.8 Å². The van der Waals surface area contributed by atoms with Gasteiger partial charge in [-0.2, -0.15) is 0 Å². The first-order valence-corrected chi connectivity index (χ1v) is 24.9. The quantitative estimate of drug-likeness (QED) is 0.0571. The number of benzene rings is 2. The molecule has 3 unspecified atom stereocenters. The first kappa shape index (κ1) is 54.2. The largest absolute Gasteiger partial charge is 0.494 e. The zero-order chi connectivity index (χ0) is 48.9. The molecule has 1 saturated heterocycles. The Bertz CT molecular complexity index is 2160. The number of aromatic nitrogens is 2. The van der Waals surface area contributed by atoms with Crippen molar-refractivity contribution in [1.82, 2.24) is 25.1 Å². The highest BCUT2D eigenvalue weighted by Gasteiger charge is 2.50. The highest BCUT2D eigenvalue weighted by Crippen LogP contribution is 2.52. The number of carbonyl (C=O) groups excluding carboxylic acids is 4. The van der Waals surface area contributed by atoms with Gasteiger partial charge in [-0.05, 0) is 154 Å². The molecule has 11 heteroatoms. The molecule has 3 amide bonds. The van der Waals surface area contributed by atoms with Gasteiger partial charge in [0, 0.05) is 67.9 Å². The van der Waals surface area contributed by atoms with E-state index in [4.69, 9.17) is 9.47 Å². The Morgan fingerprint density at radius 3 is 2.22 bits per heavy atom. The molecule has 4 aromatic rings. The third-order valence-corrected chi connectivity index (χ3v) is 13.5. The van der Waals surface area contributed by atoms with Gasteiger partial charge in [0.15, 0.2) is 0 Å². The van der Waals surface area contributed by atoms with Crippen molar-refractivity contribution in [2.45, 2.75) is 145 Å². The van der Waals surface area contributed by atoms with E-state index in [1.54, 1.807) is 25.1 Å². The third-order valence-electron chi connectivity index (χ3n) is 13.5. The Kier molecular flexibility index (Phi) is 22.2. The number of likely N-dealkylation sites (N-methyl/N-ethyl adjacent to an activating group) is 1. The van der Waals surface area contributed by atoms with Crippen molar-refractivity contribution in [3.05, 3.63) is 95.4 Å². The van der Waals surface area contributed by atoms with E-state index in [2.05, 4.69) is 92.1 Å². The molecule has 2 fully saturated rings. The molecule has 11 nitrogen and oxygen atoms in total. The molecule has 2 aromatic carbocycles. The van der Waals surface area contributed by atoms with Crippen LogP contribution in [0.3, 0.4) is 0 Å². The highest BCUT2D eigenvalue weighted by atomic mass is 16.5. The van der Waals surface area contributed by atoms with E-state index in [0.29, 0.717) is 53.4 Å². The Morgan fingerprint density at radius 1 is 0.881 bits per heavy atom. The van der Waals surface area contributed by atoms with Crippen LogP contribution in [0, 0.1) is 38.0 Å². The van der Waals surface area contributed by atoms with Crippen LogP contribution in [0.15, 0.2) is 73.2 Å². The third kappa shape index (κ3) is 15.3. The number of hydrogen-bond donors (Lipinski definition) is 1. The summed E-state index contributed by atoms with van der Waals surface area (Å²) in [4.78, 5) is 60.0. The van der Waals surface area contributed by atoms with Crippen molar-refractivity contribution < 1.29 is 28.7 Å². The lowest BCUT2D eigenvalue weighted by atomic mass is 9.57. The van der Waals surface area contributed by atoms with E-state index in [1.165, 1.54) is 86.6 Å². The summed E-state index contributed by atoms with van der Waals surface area (Å²) in [5.74, 6) is 1.96. The van der Waals surface area contributed by atoms with Gasteiger partial charge in [-0.3, -0.25) is 24.3 Å². The number of imide groups is 1. The van der Waals surface area contributed by atoms with Crippen LogP contribution in [0.2, 0.25) is 0 Å². The van der Waals surface area contributed by atoms with E-state index >= 15 is 0 Å². The number of amides is 3. The molecular formula is C56H79N5O6. The number of unbranched alkanes of at least 4 members (excludes halogenated alkanes) is 2. The highest BCUT2D eigenvalue weighted by molar-refractivity contribution is 6.04. The van der Waals surface area contributed by atoms with Gasteiger partial charge in [0.1, 0.15) is 24.2 Å². The zero-order valence-corrected chi connectivity index (χ0v) is 42.2. The van der Waals surface area contributed by atoms with Crippen molar-refractivity contribution in [3.8, 4) is 33.9 Å². The van der Waals surface area contributed by atoms with Crippen LogP contribution >= 0.6 is 0 Å². The Labute approximate surface area is 401 Å². The minimum Gasteiger partial charge on any atom is -0.494 e. The second kappa shape index (κ2) is 27.4. The maximum Gasteiger partial charge on any atom is 0.261 e. The molecule has 1 saturated carbocycles. The molecule has 2 aliphatic rings. The van der Waals surface area contributed by atoms with Crippen LogP contribution in [0.5, 0.6) is 11.6 Å². The number of aldehydes is 1. The van der Waals surface area contributed by atoms with Gasteiger partial charge >= 0.3 is 0 Å². The molecule has 3 heterocycles. The number of pyridine rings is 2. The molecule has 0 bridgehead atoms. The number of rotatable bonds is 23. The van der Waals surface area contributed by atoms with E-state index in [9.17, 15) is 19.2 Å². The molecular weight excluding hydrogens is 839 g/mol. The fraction of sp³-hybridized carbons (Fsp3) is 0.536. The van der Waals surface area contributed by atoms with Crippen LogP contribution in [0.25, 0.3) is 22.3 Å². The summed E-state index contributed by atoms with van der Waals surface area (Å²) in [6.45, 7) is 23.4. The average molecular weight is 918 g/mol. The maximum atomic E-state index is 13.0. The van der Waals surface area contributed by atoms with Crippen molar-refractivity contribution in [2.24, 2.45) is 17.3 Å². The molecule has 6 rings (SSSR count). The molecule has 2 aromatic heterocycles. The van der Waals surface area contributed by atoms with Crippen LogP contribution in [-0.2, 0) is 14.4 Å². The summed E-state index contributed by atoms with van der Waals surface area (Å²) in [7, 11) is 1.43. The fourth-order valence-corrected chi connectivity index (χ4v) is 9.33. The number of nitrogens with zero attached hydrogens (tertiary/aromatic N) is 4. The van der Waals surface area contributed by atoms with E-state index in [-0.39, 0.29) is 18.9 Å². The number of likely N-dealkylation sites (tertiary alicyclic amines) is 1. The normalized spacial score (nSPS) is 15.2. The van der Waals surface area contributed by atoms with Crippen LogP contribution in [0.1, 0.15) is 139 Å². The van der Waals surface area contributed by atoms with Gasteiger partial charge in [-0.1, -0.05) is 72.6 Å². The Balaban J connectivity index is 0.000000288.